The highest BCUT2D eigenvalue weighted by atomic mass is 19.1. The van der Waals surface area contributed by atoms with Gasteiger partial charge in [0.15, 0.2) is 0 Å². The van der Waals surface area contributed by atoms with Gasteiger partial charge in [0.2, 0.25) is 0 Å². The number of nitrogens with zero attached hydrogens (tertiary/aromatic N) is 1. The molecule has 0 saturated heterocycles. The van der Waals surface area contributed by atoms with Crippen molar-refractivity contribution < 1.29 is 9.18 Å². The van der Waals surface area contributed by atoms with Crippen LogP contribution in [0.4, 0.5) is 4.39 Å². The average Bonchev–Trinajstić information content (AvgIpc) is 3.09. The van der Waals surface area contributed by atoms with Crippen LogP contribution in [0.15, 0.2) is 73.1 Å². The molecule has 4 heteroatoms. The van der Waals surface area contributed by atoms with E-state index >= 15 is 0 Å². The third-order valence-electron chi connectivity index (χ3n) is 3.73. The topological polar surface area (TPSA) is 34.0 Å². The van der Waals surface area contributed by atoms with E-state index in [0.29, 0.717) is 5.56 Å². The molecule has 0 bridgehead atoms. The minimum Gasteiger partial charge on any atom is -0.346 e. The summed E-state index contributed by atoms with van der Waals surface area (Å²) in [5, 5.41) is 2.88. The molecule has 1 N–H and O–H groups in total. The lowest BCUT2D eigenvalue weighted by Gasteiger charge is -2.15. The fraction of sp³-hybridized carbons (Fsp3) is 0.105. The second-order valence-corrected chi connectivity index (χ2v) is 5.39. The molecule has 3 aromatic rings. The maximum atomic E-state index is 13.2. The molecule has 1 heterocycles. The highest BCUT2D eigenvalue weighted by Crippen LogP contribution is 2.16. The lowest BCUT2D eigenvalue weighted by molar-refractivity contribution is 0.0939. The number of carbonyl (C=O) groups is 1. The van der Waals surface area contributed by atoms with Crippen molar-refractivity contribution >= 4 is 5.91 Å². The first-order valence-electron chi connectivity index (χ1n) is 7.43. The van der Waals surface area contributed by atoms with Crippen LogP contribution in [-0.2, 0) is 0 Å². The van der Waals surface area contributed by atoms with Crippen LogP contribution in [0.3, 0.4) is 0 Å². The van der Waals surface area contributed by atoms with Crippen LogP contribution in [0.25, 0.3) is 5.69 Å². The minimum atomic E-state index is -0.415. The van der Waals surface area contributed by atoms with Gasteiger partial charge in [-0.15, -0.1) is 0 Å². The third kappa shape index (κ3) is 3.48. The zero-order chi connectivity index (χ0) is 16.2. The SMILES string of the molecule is CC(NC(=O)c1cccc(F)c1)c1ccc(-n2cccc2)cc1. The van der Waals surface area contributed by atoms with E-state index in [2.05, 4.69) is 5.32 Å². The van der Waals surface area contributed by atoms with Gasteiger partial charge in [-0.3, -0.25) is 4.79 Å². The number of aromatic nitrogens is 1. The van der Waals surface area contributed by atoms with Gasteiger partial charge in [-0.1, -0.05) is 18.2 Å². The molecule has 1 unspecified atom stereocenters. The Morgan fingerprint density at radius 3 is 2.39 bits per heavy atom. The van der Waals surface area contributed by atoms with Crippen LogP contribution < -0.4 is 5.32 Å². The normalized spacial score (nSPS) is 11.9. The van der Waals surface area contributed by atoms with Crippen LogP contribution in [0.5, 0.6) is 0 Å². The van der Waals surface area contributed by atoms with E-state index in [0.717, 1.165) is 11.3 Å². The molecule has 3 rings (SSSR count). The lowest BCUT2D eigenvalue weighted by atomic mass is 10.1. The van der Waals surface area contributed by atoms with E-state index in [1.165, 1.54) is 18.2 Å². The first-order chi connectivity index (χ1) is 11.1. The predicted octanol–water partition coefficient (Wildman–Crippen LogP) is 4.11. The van der Waals surface area contributed by atoms with Crippen LogP contribution in [0, 0.1) is 5.82 Å². The number of carbonyl (C=O) groups excluding carboxylic acids is 1. The molecular weight excluding hydrogens is 291 g/mol. The van der Waals surface area contributed by atoms with Crippen molar-refractivity contribution in [3.63, 3.8) is 0 Å². The van der Waals surface area contributed by atoms with Crippen LogP contribution in [-0.4, -0.2) is 10.5 Å². The van der Waals surface area contributed by atoms with Gasteiger partial charge in [0.25, 0.3) is 5.91 Å². The first-order valence-corrected chi connectivity index (χ1v) is 7.43. The number of halogens is 1. The average molecular weight is 308 g/mol. The molecule has 1 aromatic heterocycles. The van der Waals surface area contributed by atoms with Gasteiger partial charge in [-0.25, -0.2) is 4.39 Å². The highest BCUT2D eigenvalue weighted by Gasteiger charge is 2.12. The van der Waals surface area contributed by atoms with E-state index < -0.39 is 5.82 Å². The Hall–Kier alpha value is -2.88. The summed E-state index contributed by atoms with van der Waals surface area (Å²) in [6.07, 6.45) is 3.95. The molecule has 3 nitrogen and oxygen atoms in total. The van der Waals surface area contributed by atoms with Gasteiger partial charge in [-0.05, 0) is 55.0 Å². The number of hydrogen-bond acceptors (Lipinski definition) is 1. The summed E-state index contributed by atoms with van der Waals surface area (Å²) in [7, 11) is 0. The fourth-order valence-corrected chi connectivity index (χ4v) is 2.43. The molecule has 0 radical (unpaired) electrons. The van der Waals surface area contributed by atoms with Crippen molar-refractivity contribution in [2.24, 2.45) is 0 Å². The molecule has 1 atom stereocenters. The molecule has 0 aliphatic carbocycles. The summed E-state index contributed by atoms with van der Waals surface area (Å²) < 4.78 is 15.2. The molecule has 116 valence electrons. The zero-order valence-electron chi connectivity index (χ0n) is 12.7. The van der Waals surface area contributed by atoms with Crippen molar-refractivity contribution in [2.45, 2.75) is 13.0 Å². The van der Waals surface area contributed by atoms with Crippen LogP contribution in [0.1, 0.15) is 28.9 Å². The Bertz CT molecular complexity index is 795. The van der Waals surface area contributed by atoms with Crippen molar-refractivity contribution in [1.29, 1.82) is 0 Å². The maximum absolute atomic E-state index is 13.2. The van der Waals surface area contributed by atoms with E-state index in [1.807, 2.05) is 60.3 Å². The maximum Gasteiger partial charge on any atom is 0.251 e. The number of amides is 1. The summed E-state index contributed by atoms with van der Waals surface area (Å²) in [5.41, 5.74) is 2.37. The standard InChI is InChI=1S/C19H17FN2O/c1-14(21-19(23)16-5-4-6-17(20)13-16)15-7-9-18(10-8-15)22-11-2-3-12-22/h2-14H,1H3,(H,21,23). The van der Waals surface area contributed by atoms with Crippen LogP contribution in [0.2, 0.25) is 0 Å². The highest BCUT2D eigenvalue weighted by molar-refractivity contribution is 5.94. The predicted molar refractivity (Wildman–Crippen MR) is 88.1 cm³/mol. The van der Waals surface area contributed by atoms with Crippen LogP contribution >= 0.6 is 0 Å². The number of hydrogen-bond donors (Lipinski definition) is 1. The Labute approximate surface area is 134 Å². The van der Waals surface area contributed by atoms with Gasteiger partial charge >= 0.3 is 0 Å². The summed E-state index contributed by atoms with van der Waals surface area (Å²) in [5.74, 6) is -0.701. The number of nitrogens with one attached hydrogen (secondary N) is 1. The molecule has 1 amide bonds. The van der Waals surface area contributed by atoms with Crippen molar-refractivity contribution in [1.82, 2.24) is 9.88 Å². The Morgan fingerprint density at radius 1 is 1.04 bits per heavy atom. The summed E-state index contributed by atoms with van der Waals surface area (Å²) in [6.45, 7) is 1.90. The Kier molecular flexibility index (Phi) is 4.24. The van der Waals surface area contributed by atoms with Gasteiger partial charge < -0.3 is 9.88 Å². The van der Waals surface area contributed by atoms with Gasteiger partial charge in [0, 0.05) is 23.6 Å². The summed E-state index contributed by atoms with van der Waals surface area (Å²) in [4.78, 5) is 12.2. The Morgan fingerprint density at radius 2 is 1.74 bits per heavy atom. The minimum absolute atomic E-state index is 0.163. The van der Waals surface area contributed by atoms with Gasteiger partial charge in [-0.2, -0.15) is 0 Å². The smallest absolute Gasteiger partial charge is 0.251 e. The second-order valence-electron chi connectivity index (χ2n) is 5.39. The number of benzene rings is 2. The monoisotopic (exact) mass is 308 g/mol. The molecule has 0 aliphatic rings. The third-order valence-corrected chi connectivity index (χ3v) is 3.73. The van der Waals surface area contributed by atoms with E-state index in [1.54, 1.807) is 6.07 Å². The van der Waals surface area contributed by atoms with Crippen molar-refractivity contribution in [3.05, 3.63) is 90.0 Å². The summed E-state index contributed by atoms with van der Waals surface area (Å²) in [6, 6.07) is 17.4. The van der Waals surface area contributed by atoms with Crippen molar-refractivity contribution in [3.8, 4) is 5.69 Å². The van der Waals surface area contributed by atoms with E-state index in [9.17, 15) is 9.18 Å². The molecule has 23 heavy (non-hydrogen) atoms. The van der Waals surface area contributed by atoms with E-state index in [4.69, 9.17) is 0 Å². The first kappa shape index (κ1) is 15.0. The molecule has 2 aromatic carbocycles. The quantitative estimate of drug-likeness (QED) is 0.773. The molecule has 0 spiro atoms. The molecule has 0 aliphatic heterocycles. The molecule has 0 saturated carbocycles. The van der Waals surface area contributed by atoms with Gasteiger partial charge in [0.1, 0.15) is 5.82 Å². The zero-order valence-corrected chi connectivity index (χ0v) is 12.7. The van der Waals surface area contributed by atoms with Gasteiger partial charge in [0.05, 0.1) is 6.04 Å². The molecular formula is C19H17FN2O. The second kappa shape index (κ2) is 6.48. The number of rotatable bonds is 4. The molecule has 0 fully saturated rings. The largest absolute Gasteiger partial charge is 0.346 e. The summed E-state index contributed by atoms with van der Waals surface area (Å²) >= 11 is 0. The van der Waals surface area contributed by atoms with Crippen molar-refractivity contribution in [2.75, 3.05) is 0 Å². The lowest BCUT2D eigenvalue weighted by Crippen LogP contribution is -2.26. The Balaban J connectivity index is 1.70. The van der Waals surface area contributed by atoms with E-state index in [-0.39, 0.29) is 11.9 Å². The fourth-order valence-electron chi connectivity index (χ4n) is 2.43.